The molecule has 0 aromatic heterocycles. The highest BCUT2D eigenvalue weighted by Crippen LogP contribution is 2.19. The van der Waals surface area contributed by atoms with Crippen molar-refractivity contribution >= 4 is 0 Å². The molecule has 0 heterocycles. The van der Waals surface area contributed by atoms with Gasteiger partial charge >= 0.3 is 0 Å². The number of rotatable bonds is 10. The van der Waals surface area contributed by atoms with Crippen molar-refractivity contribution in [2.75, 3.05) is 39.9 Å². The second-order valence-corrected chi connectivity index (χ2v) is 5.27. The molecule has 120 valence electrons. The highest BCUT2D eigenvalue weighted by atomic mass is 19.1. The van der Waals surface area contributed by atoms with Crippen LogP contribution in [0.5, 0.6) is 0 Å². The van der Waals surface area contributed by atoms with Gasteiger partial charge < -0.3 is 15.0 Å². The predicted molar refractivity (Wildman–Crippen MR) is 86.2 cm³/mol. The second-order valence-electron chi connectivity index (χ2n) is 5.27. The Morgan fingerprint density at radius 2 is 2.05 bits per heavy atom. The minimum absolute atomic E-state index is 0.128. The number of benzene rings is 1. The van der Waals surface area contributed by atoms with E-state index in [4.69, 9.17) is 4.74 Å². The lowest BCUT2D eigenvalue weighted by atomic mass is 10.0. The molecule has 0 aliphatic rings. The number of likely N-dealkylation sites (N-methyl/N-ethyl adjacent to an activating group) is 1. The lowest BCUT2D eigenvalue weighted by Gasteiger charge is -2.24. The van der Waals surface area contributed by atoms with Crippen molar-refractivity contribution in [3.8, 4) is 0 Å². The third-order valence-corrected chi connectivity index (χ3v) is 3.88. The fourth-order valence-electron chi connectivity index (χ4n) is 2.38. The molecule has 3 nitrogen and oxygen atoms in total. The Balaban J connectivity index is 2.54. The summed E-state index contributed by atoms with van der Waals surface area (Å²) < 4.78 is 19.1. The van der Waals surface area contributed by atoms with Crippen molar-refractivity contribution in [2.45, 2.75) is 33.2 Å². The van der Waals surface area contributed by atoms with Crippen LogP contribution >= 0.6 is 0 Å². The van der Waals surface area contributed by atoms with Gasteiger partial charge in [0.25, 0.3) is 0 Å². The van der Waals surface area contributed by atoms with Crippen LogP contribution in [0.15, 0.2) is 18.2 Å². The molecule has 1 unspecified atom stereocenters. The molecule has 0 radical (unpaired) electrons. The maximum absolute atomic E-state index is 13.7. The molecule has 1 atom stereocenters. The van der Waals surface area contributed by atoms with Gasteiger partial charge in [-0.3, -0.25) is 0 Å². The van der Waals surface area contributed by atoms with E-state index in [0.717, 1.165) is 44.8 Å². The van der Waals surface area contributed by atoms with E-state index < -0.39 is 0 Å². The molecular weight excluding hydrogens is 267 g/mol. The van der Waals surface area contributed by atoms with Gasteiger partial charge in [0.05, 0.1) is 6.61 Å². The van der Waals surface area contributed by atoms with Crippen LogP contribution in [0.25, 0.3) is 0 Å². The Labute approximate surface area is 128 Å². The number of ether oxygens (including phenoxy) is 1. The SMILES string of the molecule is CCOCCN(CC)CCC(NC)c1ccc(C)c(F)c1. The number of hydrogen-bond acceptors (Lipinski definition) is 3. The Bertz CT molecular complexity index is 412. The molecule has 0 fully saturated rings. The summed E-state index contributed by atoms with van der Waals surface area (Å²) in [6.07, 6.45) is 0.957. The van der Waals surface area contributed by atoms with Crippen molar-refractivity contribution in [1.29, 1.82) is 0 Å². The van der Waals surface area contributed by atoms with Crippen LogP contribution in [0.2, 0.25) is 0 Å². The topological polar surface area (TPSA) is 24.5 Å². The maximum Gasteiger partial charge on any atom is 0.126 e. The number of halogens is 1. The first-order valence-electron chi connectivity index (χ1n) is 7.85. The van der Waals surface area contributed by atoms with E-state index in [9.17, 15) is 4.39 Å². The molecule has 1 N–H and O–H groups in total. The summed E-state index contributed by atoms with van der Waals surface area (Å²) in [7, 11) is 1.93. The predicted octanol–water partition coefficient (Wildman–Crippen LogP) is 3.14. The van der Waals surface area contributed by atoms with Crippen molar-refractivity contribution in [3.05, 3.63) is 35.1 Å². The van der Waals surface area contributed by atoms with E-state index in [1.54, 1.807) is 13.0 Å². The van der Waals surface area contributed by atoms with E-state index in [0.29, 0.717) is 5.56 Å². The summed E-state index contributed by atoms with van der Waals surface area (Å²) in [5, 5.41) is 3.29. The van der Waals surface area contributed by atoms with E-state index in [2.05, 4.69) is 17.1 Å². The molecular formula is C17H29FN2O. The van der Waals surface area contributed by atoms with Crippen molar-refractivity contribution < 1.29 is 9.13 Å². The van der Waals surface area contributed by atoms with Gasteiger partial charge in [-0.25, -0.2) is 4.39 Å². The van der Waals surface area contributed by atoms with Crippen LogP contribution in [-0.4, -0.2) is 44.8 Å². The number of aryl methyl sites for hydroxylation is 1. The zero-order chi connectivity index (χ0) is 15.7. The second kappa shape index (κ2) is 9.87. The summed E-state index contributed by atoms with van der Waals surface area (Å²) in [6.45, 7) is 10.4. The molecule has 1 aromatic carbocycles. The fourth-order valence-corrected chi connectivity index (χ4v) is 2.38. The molecule has 0 spiro atoms. The number of hydrogen-bond donors (Lipinski definition) is 1. The average Bonchev–Trinajstić information content (AvgIpc) is 2.49. The van der Waals surface area contributed by atoms with Gasteiger partial charge in [0.1, 0.15) is 5.82 Å². The Morgan fingerprint density at radius 3 is 2.62 bits per heavy atom. The van der Waals surface area contributed by atoms with Crippen LogP contribution in [-0.2, 0) is 4.74 Å². The van der Waals surface area contributed by atoms with Crippen LogP contribution < -0.4 is 5.32 Å². The number of nitrogens with zero attached hydrogens (tertiary/aromatic N) is 1. The van der Waals surface area contributed by atoms with Gasteiger partial charge in [-0.1, -0.05) is 19.1 Å². The van der Waals surface area contributed by atoms with Gasteiger partial charge in [0, 0.05) is 25.7 Å². The Morgan fingerprint density at radius 1 is 1.29 bits per heavy atom. The summed E-state index contributed by atoms with van der Waals surface area (Å²) >= 11 is 0. The highest BCUT2D eigenvalue weighted by molar-refractivity contribution is 5.25. The summed E-state index contributed by atoms with van der Waals surface area (Å²) in [5.74, 6) is -0.128. The minimum Gasteiger partial charge on any atom is -0.380 e. The van der Waals surface area contributed by atoms with Crippen molar-refractivity contribution in [1.82, 2.24) is 10.2 Å². The Kier molecular flexibility index (Phi) is 8.50. The van der Waals surface area contributed by atoms with E-state index in [1.807, 2.05) is 26.1 Å². The zero-order valence-electron chi connectivity index (χ0n) is 13.8. The average molecular weight is 296 g/mol. The fraction of sp³-hybridized carbons (Fsp3) is 0.647. The molecule has 1 rings (SSSR count). The largest absolute Gasteiger partial charge is 0.380 e. The quantitative estimate of drug-likeness (QED) is 0.671. The first kappa shape index (κ1) is 18.1. The smallest absolute Gasteiger partial charge is 0.126 e. The van der Waals surface area contributed by atoms with Crippen LogP contribution in [0, 0.1) is 12.7 Å². The van der Waals surface area contributed by atoms with Gasteiger partial charge in [0.15, 0.2) is 0 Å². The summed E-state index contributed by atoms with van der Waals surface area (Å²) in [4.78, 5) is 2.37. The molecule has 0 amide bonds. The summed E-state index contributed by atoms with van der Waals surface area (Å²) in [5.41, 5.74) is 1.71. The molecule has 0 aliphatic heterocycles. The molecule has 0 saturated carbocycles. The van der Waals surface area contributed by atoms with Gasteiger partial charge in [-0.2, -0.15) is 0 Å². The van der Waals surface area contributed by atoms with E-state index >= 15 is 0 Å². The van der Waals surface area contributed by atoms with Gasteiger partial charge in [0.2, 0.25) is 0 Å². The summed E-state index contributed by atoms with van der Waals surface area (Å²) in [6, 6.07) is 5.69. The van der Waals surface area contributed by atoms with E-state index in [-0.39, 0.29) is 11.9 Å². The van der Waals surface area contributed by atoms with Crippen molar-refractivity contribution in [2.24, 2.45) is 0 Å². The van der Waals surface area contributed by atoms with Crippen molar-refractivity contribution in [3.63, 3.8) is 0 Å². The Hall–Kier alpha value is -0.970. The standard InChI is InChI=1S/C17H29FN2O/c1-5-20(11-12-21-6-2)10-9-17(19-4)15-8-7-14(3)16(18)13-15/h7-8,13,17,19H,5-6,9-12H2,1-4H3. The van der Waals surface area contributed by atoms with Crippen LogP contribution in [0.3, 0.4) is 0 Å². The van der Waals surface area contributed by atoms with Gasteiger partial charge in [-0.05, 0) is 51.1 Å². The lowest BCUT2D eigenvalue weighted by molar-refractivity contribution is 0.113. The third-order valence-electron chi connectivity index (χ3n) is 3.88. The van der Waals surface area contributed by atoms with Crippen LogP contribution in [0.1, 0.15) is 37.4 Å². The molecule has 4 heteroatoms. The first-order chi connectivity index (χ1) is 10.1. The van der Waals surface area contributed by atoms with E-state index in [1.165, 1.54) is 0 Å². The van der Waals surface area contributed by atoms with Crippen LogP contribution in [0.4, 0.5) is 4.39 Å². The molecule has 1 aromatic rings. The monoisotopic (exact) mass is 296 g/mol. The zero-order valence-corrected chi connectivity index (χ0v) is 13.8. The van der Waals surface area contributed by atoms with Gasteiger partial charge in [-0.15, -0.1) is 0 Å². The highest BCUT2D eigenvalue weighted by Gasteiger charge is 2.12. The molecule has 0 saturated heterocycles. The normalized spacial score (nSPS) is 12.9. The third kappa shape index (κ3) is 6.12. The number of nitrogens with one attached hydrogen (secondary N) is 1. The molecule has 0 bridgehead atoms. The first-order valence-corrected chi connectivity index (χ1v) is 7.85. The minimum atomic E-state index is -0.128. The maximum atomic E-state index is 13.7. The lowest BCUT2D eigenvalue weighted by Crippen LogP contribution is -2.31. The molecule has 21 heavy (non-hydrogen) atoms. The molecule has 0 aliphatic carbocycles.